The molecule has 0 bridgehead atoms. The van der Waals surface area contributed by atoms with Gasteiger partial charge in [0.2, 0.25) is 0 Å². The first-order chi connectivity index (χ1) is 3.68. The predicted molar refractivity (Wildman–Crippen MR) is 31.5 cm³/mol. The van der Waals surface area contributed by atoms with Crippen molar-refractivity contribution in [3.63, 3.8) is 0 Å². The van der Waals surface area contributed by atoms with Crippen molar-refractivity contribution in [2.45, 2.75) is 20.0 Å². The number of aliphatic hydroxyl groups is 1. The van der Waals surface area contributed by atoms with Crippen molar-refractivity contribution in [3.8, 4) is 0 Å². The first kappa shape index (κ1) is 7.37. The van der Waals surface area contributed by atoms with E-state index in [4.69, 9.17) is 5.11 Å². The van der Waals surface area contributed by atoms with Crippen molar-refractivity contribution in [1.82, 2.24) is 0 Å². The normalized spacial score (nSPS) is 14.4. The highest BCUT2D eigenvalue weighted by Crippen LogP contribution is 1.85. The first-order valence-corrected chi connectivity index (χ1v) is 2.50. The summed E-state index contributed by atoms with van der Waals surface area (Å²) in [5.41, 5.74) is 0. The summed E-state index contributed by atoms with van der Waals surface area (Å²) >= 11 is 0. The Morgan fingerprint density at radius 2 is 2.25 bits per heavy atom. The molecule has 0 saturated heterocycles. The fourth-order valence-corrected chi connectivity index (χ4v) is 0.318. The summed E-state index contributed by atoms with van der Waals surface area (Å²) in [4.78, 5) is 10.2. The van der Waals surface area contributed by atoms with E-state index in [1.54, 1.807) is 13.0 Å². The highest BCUT2D eigenvalue weighted by molar-refractivity contribution is 5.81. The zero-order chi connectivity index (χ0) is 6.57. The highest BCUT2D eigenvalue weighted by Gasteiger charge is 2.01. The molecule has 1 atom stereocenters. The van der Waals surface area contributed by atoms with Gasteiger partial charge in [0.1, 0.15) is 6.10 Å². The predicted octanol–water partition coefficient (Wildman–Crippen LogP) is 0.512. The molecule has 1 unspecified atom stereocenters. The molecule has 0 amide bonds. The third-order valence-corrected chi connectivity index (χ3v) is 0.791. The molecule has 0 aliphatic heterocycles. The van der Waals surface area contributed by atoms with Crippen LogP contribution in [0.3, 0.4) is 0 Å². The molecule has 0 aromatic carbocycles. The maximum absolute atomic E-state index is 10.2. The Labute approximate surface area is 48.8 Å². The van der Waals surface area contributed by atoms with E-state index < -0.39 is 6.10 Å². The van der Waals surface area contributed by atoms with Gasteiger partial charge in [-0.25, -0.2) is 0 Å². The Morgan fingerprint density at radius 3 is 2.38 bits per heavy atom. The van der Waals surface area contributed by atoms with Crippen molar-refractivity contribution in [3.05, 3.63) is 12.2 Å². The van der Waals surface area contributed by atoms with Crippen LogP contribution in [0.5, 0.6) is 0 Å². The Bertz CT molecular complexity index is 105. The minimum absolute atomic E-state index is 0.219. The lowest BCUT2D eigenvalue weighted by atomic mass is 10.2. The zero-order valence-electron chi connectivity index (χ0n) is 5.09. The van der Waals surface area contributed by atoms with Gasteiger partial charge < -0.3 is 5.11 Å². The summed E-state index contributed by atoms with van der Waals surface area (Å²) in [5, 5.41) is 8.69. The van der Waals surface area contributed by atoms with Gasteiger partial charge in [0, 0.05) is 0 Å². The maximum Gasteiger partial charge on any atom is 0.162 e. The number of hydrogen-bond acceptors (Lipinski definition) is 2. The van der Waals surface area contributed by atoms with Crippen LogP contribution in [0.25, 0.3) is 0 Å². The van der Waals surface area contributed by atoms with Gasteiger partial charge in [0.05, 0.1) is 0 Å². The molecule has 46 valence electrons. The molecule has 2 heteroatoms. The lowest BCUT2D eigenvalue weighted by Crippen LogP contribution is -2.12. The molecule has 1 N–H and O–H groups in total. The van der Waals surface area contributed by atoms with Crippen LogP contribution in [-0.2, 0) is 4.79 Å². The van der Waals surface area contributed by atoms with Crippen molar-refractivity contribution in [2.75, 3.05) is 0 Å². The molecule has 0 aromatic heterocycles. The summed E-state index contributed by atoms with van der Waals surface area (Å²) in [7, 11) is 0. The van der Waals surface area contributed by atoms with E-state index in [1.807, 2.05) is 0 Å². The van der Waals surface area contributed by atoms with E-state index in [9.17, 15) is 4.79 Å². The van der Waals surface area contributed by atoms with Crippen LogP contribution in [-0.4, -0.2) is 17.0 Å². The summed E-state index contributed by atoms with van der Waals surface area (Å²) in [5.74, 6) is -0.219. The Morgan fingerprint density at radius 1 is 1.75 bits per heavy atom. The monoisotopic (exact) mass is 114 g/mol. The molecule has 8 heavy (non-hydrogen) atoms. The standard InChI is InChI=1S/C6H10O2/c1-3-4-6(8)5(2)7/h3-4,6,8H,1-2H3/b4-3-. The quantitative estimate of drug-likeness (QED) is 0.531. The second-order valence-electron chi connectivity index (χ2n) is 1.58. The van der Waals surface area contributed by atoms with Gasteiger partial charge in [-0.3, -0.25) is 4.79 Å². The number of carbonyl (C=O) groups excluding carboxylic acids is 1. The van der Waals surface area contributed by atoms with Crippen LogP contribution in [0.2, 0.25) is 0 Å². The number of allylic oxidation sites excluding steroid dienone is 1. The van der Waals surface area contributed by atoms with Crippen molar-refractivity contribution in [1.29, 1.82) is 0 Å². The van der Waals surface area contributed by atoms with Crippen LogP contribution in [0.4, 0.5) is 0 Å². The Hall–Kier alpha value is -0.630. The van der Waals surface area contributed by atoms with E-state index in [0.717, 1.165) is 0 Å². The van der Waals surface area contributed by atoms with Crippen molar-refractivity contribution in [2.24, 2.45) is 0 Å². The van der Waals surface area contributed by atoms with Gasteiger partial charge in [0.15, 0.2) is 5.78 Å². The molecule has 2 nitrogen and oxygen atoms in total. The van der Waals surface area contributed by atoms with Crippen molar-refractivity contribution >= 4 is 5.78 Å². The van der Waals surface area contributed by atoms with Crippen LogP contribution in [0, 0.1) is 0 Å². The fraction of sp³-hybridized carbons (Fsp3) is 0.500. The minimum Gasteiger partial charge on any atom is -0.381 e. The number of ketones is 1. The molecule has 0 rings (SSSR count). The molecule has 0 aliphatic rings. The molecule has 0 fully saturated rings. The molecular formula is C6H10O2. The Kier molecular flexibility index (Phi) is 3.12. The summed E-state index contributed by atoms with van der Waals surface area (Å²) in [6.07, 6.45) is 2.19. The van der Waals surface area contributed by atoms with Crippen LogP contribution in [0.1, 0.15) is 13.8 Å². The zero-order valence-corrected chi connectivity index (χ0v) is 5.09. The Balaban J connectivity index is 3.64. The smallest absolute Gasteiger partial charge is 0.162 e. The molecule has 0 saturated carbocycles. The van der Waals surface area contributed by atoms with E-state index in [0.29, 0.717) is 0 Å². The van der Waals surface area contributed by atoms with Gasteiger partial charge in [-0.2, -0.15) is 0 Å². The molecule has 0 radical (unpaired) electrons. The van der Waals surface area contributed by atoms with E-state index in [-0.39, 0.29) is 5.78 Å². The number of aliphatic hydroxyl groups excluding tert-OH is 1. The van der Waals surface area contributed by atoms with E-state index in [2.05, 4.69) is 0 Å². The largest absolute Gasteiger partial charge is 0.381 e. The van der Waals surface area contributed by atoms with Crippen LogP contribution < -0.4 is 0 Å². The maximum atomic E-state index is 10.2. The van der Waals surface area contributed by atoms with Gasteiger partial charge in [0.25, 0.3) is 0 Å². The average molecular weight is 114 g/mol. The minimum atomic E-state index is -0.903. The number of Topliss-reactive ketones (excluding diaryl/α,β-unsaturated/α-hetero) is 1. The van der Waals surface area contributed by atoms with Gasteiger partial charge in [-0.05, 0) is 13.8 Å². The second kappa shape index (κ2) is 3.38. The summed E-state index contributed by atoms with van der Waals surface area (Å²) in [6.45, 7) is 3.11. The third kappa shape index (κ3) is 2.53. The lowest BCUT2D eigenvalue weighted by molar-refractivity contribution is -0.122. The van der Waals surface area contributed by atoms with Crippen LogP contribution in [0.15, 0.2) is 12.2 Å². The van der Waals surface area contributed by atoms with Gasteiger partial charge in [-0.15, -0.1) is 0 Å². The highest BCUT2D eigenvalue weighted by atomic mass is 16.3. The summed E-state index contributed by atoms with van der Waals surface area (Å²) in [6, 6.07) is 0. The third-order valence-electron chi connectivity index (χ3n) is 0.791. The van der Waals surface area contributed by atoms with E-state index >= 15 is 0 Å². The molecular weight excluding hydrogens is 104 g/mol. The molecule has 0 heterocycles. The topological polar surface area (TPSA) is 37.3 Å². The SMILES string of the molecule is C/C=C\C(O)C(C)=O. The van der Waals surface area contributed by atoms with Gasteiger partial charge in [-0.1, -0.05) is 12.2 Å². The second-order valence-corrected chi connectivity index (χ2v) is 1.58. The molecule has 0 aromatic rings. The number of carbonyl (C=O) groups is 1. The first-order valence-electron chi connectivity index (χ1n) is 2.50. The average Bonchev–Trinajstić information content (AvgIpc) is 1.67. The van der Waals surface area contributed by atoms with Gasteiger partial charge >= 0.3 is 0 Å². The lowest BCUT2D eigenvalue weighted by Gasteiger charge is -1.94. The number of hydrogen-bond donors (Lipinski definition) is 1. The number of rotatable bonds is 2. The molecule has 0 spiro atoms. The molecule has 0 aliphatic carbocycles. The van der Waals surface area contributed by atoms with E-state index in [1.165, 1.54) is 13.0 Å². The fourth-order valence-electron chi connectivity index (χ4n) is 0.318. The van der Waals surface area contributed by atoms with Crippen LogP contribution >= 0.6 is 0 Å². The van der Waals surface area contributed by atoms with Crippen molar-refractivity contribution < 1.29 is 9.90 Å². The summed E-state index contributed by atoms with van der Waals surface area (Å²) < 4.78 is 0.